The fourth-order valence-electron chi connectivity index (χ4n) is 3.21. The summed E-state index contributed by atoms with van der Waals surface area (Å²) in [5.41, 5.74) is 2.52. The lowest BCUT2D eigenvalue weighted by atomic mass is 10.1. The van der Waals surface area contributed by atoms with Gasteiger partial charge in [-0.3, -0.25) is 4.79 Å². The fourth-order valence-corrected chi connectivity index (χ4v) is 3.21. The van der Waals surface area contributed by atoms with E-state index >= 15 is 0 Å². The van der Waals surface area contributed by atoms with E-state index in [1.807, 2.05) is 97.9 Å². The molecule has 34 heavy (non-hydrogen) atoms. The Kier molecular flexibility index (Phi) is 9.22. The molecule has 0 bridgehead atoms. The monoisotopic (exact) mass is 460 g/mol. The molecule has 176 valence electrons. The van der Waals surface area contributed by atoms with Crippen molar-refractivity contribution in [1.29, 1.82) is 0 Å². The normalized spacial score (nSPS) is 12.1. The highest BCUT2D eigenvalue weighted by Gasteiger charge is 2.27. The molecule has 1 unspecified atom stereocenters. The summed E-state index contributed by atoms with van der Waals surface area (Å²) in [4.78, 5) is 37.8. The molecule has 3 rings (SSSR count). The zero-order chi connectivity index (χ0) is 24.2. The summed E-state index contributed by atoms with van der Waals surface area (Å²) < 4.78 is 10.6. The molecule has 0 spiro atoms. The highest BCUT2D eigenvalue weighted by Crippen LogP contribution is 2.11. The summed E-state index contributed by atoms with van der Waals surface area (Å²) in [5.74, 6) is -1.34. The molecule has 0 aromatic heterocycles. The van der Waals surface area contributed by atoms with E-state index in [0.29, 0.717) is 0 Å². The van der Waals surface area contributed by atoms with E-state index in [9.17, 15) is 14.4 Å². The molecule has 0 radical (unpaired) electrons. The second-order valence-electron chi connectivity index (χ2n) is 7.75. The number of esters is 2. The molecule has 0 aliphatic heterocycles. The zero-order valence-electron chi connectivity index (χ0n) is 19.0. The number of rotatable bonds is 10. The van der Waals surface area contributed by atoms with E-state index in [-0.39, 0.29) is 25.7 Å². The first-order chi connectivity index (χ1) is 16.5. The van der Waals surface area contributed by atoms with Gasteiger partial charge in [-0.05, 0) is 23.6 Å². The van der Waals surface area contributed by atoms with E-state index in [4.69, 9.17) is 9.47 Å². The number of amides is 2. The number of nitrogens with one attached hydrogen (secondary N) is 2. The molecule has 2 N–H and O–H groups in total. The molecule has 2 amide bonds. The molecule has 3 aromatic carbocycles. The van der Waals surface area contributed by atoms with E-state index in [1.54, 1.807) is 0 Å². The van der Waals surface area contributed by atoms with Crippen LogP contribution in [-0.4, -0.2) is 24.0 Å². The maximum absolute atomic E-state index is 12.7. The third kappa shape index (κ3) is 8.09. The van der Waals surface area contributed by atoms with Gasteiger partial charge in [0, 0.05) is 0 Å². The van der Waals surface area contributed by atoms with Gasteiger partial charge in [-0.1, -0.05) is 91.0 Å². The Hall–Kier alpha value is -4.13. The molecule has 0 saturated carbocycles. The topological polar surface area (TPSA) is 93.7 Å². The summed E-state index contributed by atoms with van der Waals surface area (Å²) in [7, 11) is 0. The first-order valence-electron chi connectivity index (χ1n) is 11.0. The Balaban J connectivity index is 1.60. The quantitative estimate of drug-likeness (QED) is 0.440. The van der Waals surface area contributed by atoms with Crippen molar-refractivity contribution < 1.29 is 23.9 Å². The van der Waals surface area contributed by atoms with E-state index in [2.05, 4.69) is 10.6 Å². The van der Waals surface area contributed by atoms with Crippen molar-refractivity contribution in [3.63, 3.8) is 0 Å². The molecule has 2 atom stereocenters. The van der Waals surface area contributed by atoms with Crippen LogP contribution in [0.25, 0.3) is 0 Å². The minimum atomic E-state index is -1.20. The van der Waals surface area contributed by atoms with Gasteiger partial charge < -0.3 is 20.1 Å². The molecule has 3 aromatic rings. The van der Waals surface area contributed by atoms with Crippen LogP contribution in [0.4, 0.5) is 4.79 Å². The predicted octanol–water partition coefficient (Wildman–Crippen LogP) is 4.29. The second-order valence-corrected chi connectivity index (χ2v) is 7.75. The summed E-state index contributed by atoms with van der Waals surface area (Å²) in [6.45, 7) is 1.92. The molecule has 7 nitrogen and oxygen atoms in total. The van der Waals surface area contributed by atoms with Crippen LogP contribution in [0.1, 0.15) is 36.1 Å². The van der Waals surface area contributed by atoms with Gasteiger partial charge >= 0.3 is 18.0 Å². The minimum Gasteiger partial charge on any atom is -0.461 e. The van der Waals surface area contributed by atoms with Crippen LogP contribution in [0.2, 0.25) is 0 Å². The van der Waals surface area contributed by atoms with Gasteiger partial charge in [0.25, 0.3) is 0 Å². The van der Waals surface area contributed by atoms with Crippen molar-refractivity contribution in [2.24, 2.45) is 0 Å². The molecule has 7 heteroatoms. The molecular formula is C27H28N2O5. The average Bonchev–Trinajstić information content (AvgIpc) is 2.87. The molecule has 0 fully saturated rings. The molecular weight excluding hydrogens is 432 g/mol. The smallest absolute Gasteiger partial charge is 0.329 e. The van der Waals surface area contributed by atoms with E-state index < -0.39 is 24.0 Å². The van der Waals surface area contributed by atoms with Gasteiger partial charge in [-0.15, -0.1) is 0 Å². The number of hydrogen-bond acceptors (Lipinski definition) is 5. The van der Waals surface area contributed by atoms with Crippen molar-refractivity contribution >= 4 is 18.0 Å². The van der Waals surface area contributed by atoms with Crippen molar-refractivity contribution in [3.8, 4) is 0 Å². The molecule has 0 saturated heterocycles. The van der Waals surface area contributed by atoms with E-state index in [1.165, 1.54) is 0 Å². The van der Waals surface area contributed by atoms with E-state index in [0.717, 1.165) is 16.7 Å². The Morgan fingerprint density at radius 2 is 1.21 bits per heavy atom. The summed E-state index contributed by atoms with van der Waals surface area (Å²) in [6.07, 6.45) is -0.354. The van der Waals surface area contributed by atoms with Gasteiger partial charge in [0.05, 0.1) is 12.5 Å². The van der Waals surface area contributed by atoms with Crippen molar-refractivity contribution in [3.05, 3.63) is 108 Å². The first-order valence-corrected chi connectivity index (χ1v) is 11.0. The van der Waals surface area contributed by atoms with Gasteiger partial charge in [0.15, 0.2) is 0 Å². The van der Waals surface area contributed by atoms with Crippen LogP contribution >= 0.6 is 0 Å². The van der Waals surface area contributed by atoms with Crippen LogP contribution in [-0.2, 0) is 32.3 Å². The van der Waals surface area contributed by atoms with Crippen LogP contribution in [0, 0.1) is 0 Å². The van der Waals surface area contributed by atoms with Gasteiger partial charge in [0.2, 0.25) is 0 Å². The molecule has 0 aliphatic carbocycles. The number of urea groups is 1. The van der Waals surface area contributed by atoms with Crippen molar-refractivity contribution in [2.75, 3.05) is 0 Å². The number of hydrogen-bond donors (Lipinski definition) is 2. The van der Waals surface area contributed by atoms with Gasteiger partial charge in [0.1, 0.15) is 19.3 Å². The van der Waals surface area contributed by atoms with Crippen molar-refractivity contribution in [2.45, 2.75) is 38.6 Å². The Morgan fingerprint density at radius 1 is 0.706 bits per heavy atom. The largest absolute Gasteiger partial charge is 0.461 e. The number of ether oxygens (including phenoxy) is 2. The predicted molar refractivity (Wildman–Crippen MR) is 127 cm³/mol. The summed E-state index contributed by atoms with van der Waals surface area (Å²) in [6, 6.07) is 25.7. The zero-order valence-corrected chi connectivity index (χ0v) is 19.0. The Bertz CT molecular complexity index is 1060. The maximum Gasteiger partial charge on any atom is 0.329 e. The first kappa shape index (κ1) is 24.5. The standard InChI is InChI=1S/C27H28N2O5/c1-20(23-15-9-4-10-16-23)28-27(32)29-24(26(31)34-19-22-13-7-3-8-14-22)17-25(30)33-18-21-11-5-2-6-12-21/h2-16,20,24H,17-19H2,1H3,(H2,28,29,32)/t20?,24-/m0/s1. The lowest BCUT2D eigenvalue weighted by Crippen LogP contribution is -2.48. The summed E-state index contributed by atoms with van der Waals surface area (Å²) in [5, 5.41) is 5.33. The number of carbonyl (C=O) groups is 3. The highest BCUT2D eigenvalue weighted by atomic mass is 16.5. The van der Waals surface area contributed by atoms with Gasteiger partial charge in [-0.25, -0.2) is 9.59 Å². The SMILES string of the molecule is CC(NC(=O)N[C@@H](CC(=O)OCc1ccccc1)C(=O)OCc1ccccc1)c1ccccc1. The minimum absolute atomic E-state index is 0.0267. The lowest BCUT2D eigenvalue weighted by Gasteiger charge is -2.20. The van der Waals surface area contributed by atoms with Crippen LogP contribution < -0.4 is 10.6 Å². The molecule has 0 heterocycles. The van der Waals surface area contributed by atoms with Crippen LogP contribution in [0.3, 0.4) is 0 Å². The summed E-state index contributed by atoms with van der Waals surface area (Å²) >= 11 is 0. The Labute approximate surface area is 199 Å². The van der Waals surface area contributed by atoms with Gasteiger partial charge in [-0.2, -0.15) is 0 Å². The highest BCUT2D eigenvalue weighted by molar-refractivity contribution is 5.87. The third-order valence-electron chi connectivity index (χ3n) is 5.07. The maximum atomic E-state index is 12.7. The second kappa shape index (κ2) is 12.8. The Morgan fingerprint density at radius 3 is 1.76 bits per heavy atom. The number of benzene rings is 3. The molecule has 0 aliphatic rings. The third-order valence-corrected chi connectivity index (χ3v) is 5.07. The fraction of sp³-hybridized carbons (Fsp3) is 0.222. The average molecular weight is 461 g/mol. The van der Waals surface area contributed by atoms with Crippen LogP contribution in [0.15, 0.2) is 91.0 Å². The van der Waals surface area contributed by atoms with Crippen LogP contribution in [0.5, 0.6) is 0 Å². The van der Waals surface area contributed by atoms with Crippen molar-refractivity contribution in [1.82, 2.24) is 10.6 Å². The lowest BCUT2D eigenvalue weighted by molar-refractivity contribution is -0.153. The number of carbonyl (C=O) groups excluding carboxylic acids is 3.